The van der Waals surface area contributed by atoms with E-state index in [4.69, 9.17) is 4.74 Å². The third kappa shape index (κ3) is 1.84. The third-order valence-electron chi connectivity index (χ3n) is 3.44. The first-order valence-corrected chi connectivity index (χ1v) is 7.45. The molecule has 1 saturated carbocycles. The molecular weight excluding hydrogens is 230 g/mol. The molecule has 5 nitrogen and oxygen atoms in total. The van der Waals surface area contributed by atoms with Gasteiger partial charge in [0.05, 0.1) is 12.9 Å². The molecule has 1 aliphatic heterocycles. The summed E-state index contributed by atoms with van der Waals surface area (Å²) in [6, 6.07) is -0.567. The Bertz CT molecular complexity index is 392. The molecular formula is C10H17NO4S. The van der Waals surface area contributed by atoms with Gasteiger partial charge in [0, 0.05) is 6.04 Å². The maximum Gasteiger partial charge on any atom is 0.324 e. The Kier molecular flexibility index (Phi) is 2.96. The van der Waals surface area contributed by atoms with Crippen LogP contribution in [0.15, 0.2) is 0 Å². The van der Waals surface area contributed by atoms with Crippen molar-refractivity contribution in [3.05, 3.63) is 0 Å². The molecule has 16 heavy (non-hydrogen) atoms. The fraction of sp³-hybridized carbons (Fsp3) is 0.900. The van der Waals surface area contributed by atoms with E-state index in [1.165, 1.54) is 10.6 Å². The van der Waals surface area contributed by atoms with Gasteiger partial charge in [-0.3, -0.25) is 4.79 Å². The molecule has 0 radical (unpaired) electrons. The fourth-order valence-corrected chi connectivity index (χ4v) is 4.35. The van der Waals surface area contributed by atoms with Gasteiger partial charge in [-0.1, -0.05) is 0 Å². The van der Waals surface area contributed by atoms with Crippen molar-refractivity contribution in [2.24, 2.45) is 5.92 Å². The summed E-state index contributed by atoms with van der Waals surface area (Å²) in [5.74, 6) is -0.237. The zero-order valence-electron chi connectivity index (χ0n) is 9.55. The quantitative estimate of drug-likeness (QED) is 0.676. The monoisotopic (exact) mass is 247 g/mol. The lowest BCUT2D eigenvalue weighted by Gasteiger charge is -2.31. The van der Waals surface area contributed by atoms with Crippen molar-refractivity contribution in [3.63, 3.8) is 0 Å². The zero-order chi connectivity index (χ0) is 11.9. The Balaban J connectivity index is 2.25. The largest absolute Gasteiger partial charge is 0.465 e. The van der Waals surface area contributed by atoms with Crippen molar-refractivity contribution in [2.75, 3.05) is 12.9 Å². The number of rotatable bonds is 3. The van der Waals surface area contributed by atoms with Gasteiger partial charge in [0.15, 0.2) is 0 Å². The minimum absolute atomic E-state index is 0.00871. The van der Waals surface area contributed by atoms with Gasteiger partial charge in [0.1, 0.15) is 6.04 Å². The van der Waals surface area contributed by atoms with Crippen molar-refractivity contribution >= 4 is 16.0 Å². The predicted molar refractivity (Wildman–Crippen MR) is 58.2 cm³/mol. The molecule has 2 bridgehead atoms. The summed E-state index contributed by atoms with van der Waals surface area (Å²) in [6.07, 6.45) is 3.77. The molecule has 0 unspecified atom stereocenters. The van der Waals surface area contributed by atoms with E-state index in [1.807, 2.05) is 0 Å². The molecule has 0 amide bonds. The van der Waals surface area contributed by atoms with Crippen LogP contribution in [-0.2, 0) is 19.6 Å². The maximum absolute atomic E-state index is 11.8. The number of carbonyl (C=O) groups excluding carboxylic acids is 1. The van der Waals surface area contributed by atoms with Gasteiger partial charge in [-0.25, -0.2) is 8.42 Å². The highest BCUT2D eigenvalue weighted by Gasteiger charge is 2.53. The maximum atomic E-state index is 11.8. The van der Waals surface area contributed by atoms with Crippen LogP contribution < -0.4 is 0 Å². The molecule has 0 N–H and O–H groups in total. The summed E-state index contributed by atoms with van der Waals surface area (Å²) in [6.45, 7) is 2.03. The highest BCUT2D eigenvalue weighted by Crippen LogP contribution is 2.44. The molecule has 92 valence electrons. The predicted octanol–water partition coefficient (Wildman–Crippen LogP) is 0.362. The molecule has 2 aliphatic rings. The number of sulfonamides is 1. The topological polar surface area (TPSA) is 63.7 Å². The van der Waals surface area contributed by atoms with E-state index in [1.54, 1.807) is 6.92 Å². The Morgan fingerprint density at radius 2 is 2.12 bits per heavy atom. The van der Waals surface area contributed by atoms with E-state index in [2.05, 4.69) is 0 Å². The van der Waals surface area contributed by atoms with E-state index in [-0.39, 0.29) is 17.9 Å². The standard InChI is InChI=1S/C10H17NO4S/c1-3-15-10(12)9-7-4-5-8(6-7)11(9)16(2,13)14/h7-9H,3-6H2,1-2H3/t7-,8-,9+/m0/s1. The normalized spacial score (nSPS) is 34.2. The number of hydrogen-bond donors (Lipinski definition) is 0. The number of piperidine rings is 1. The van der Waals surface area contributed by atoms with E-state index in [9.17, 15) is 13.2 Å². The van der Waals surface area contributed by atoms with Crippen LogP contribution in [-0.4, -0.2) is 43.6 Å². The Morgan fingerprint density at radius 1 is 1.44 bits per heavy atom. The molecule has 0 aromatic carbocycles. The van der Waals surface area contributed by atoms with Gasteiger partial charge >= 0.3 is 5.97 Å². The van der Waals surface area contributed by atoms with Crippen LogP contribution in [0.1, 0.15) is 26.2 Å². The van der Waals surface area contributed by atoms with Gasteiger partial charge < -0.3 is 4.74 Å². The molecule has 1 aliphatic carbocycles. The SMILES string of the molecule is CCOC(=O)[C@H]1[C@H]2CC[C@@H](C2)N1S(C)(=O)=O. The third-order valence-corrected chi connectivity index (χ3v) is 4.73. The number of hydrogen-bond acceptors (Lipinski definition) is 4. The van der Waals surface area contributed by atoms with E-state index in [0.29, 0.717) is 6.61 Å². The average molecular weight is 247 g/mol. The van der Waals surface area contributed by atoms with E-state index >= 15 is 0 Å². The van der Waals surface area contributed by atoms with Gasteiger partial charge in [0.25, 0.3) is 0 Å². The van der Waals surface area contributed by atoms with Gasteiger partial charge in [-0.2, -0.15) is 4.31 Å². The second-order valence-electron chi connectivity index (χ2n) is 4.52. The number of ether oxygens (including phenoxy) is 1. The van der Waals surface area contributed by atoms with E-state index in [0.717, 1.165) is 19.3 Å². The first-order valence-electron chi connectivity index (χ1n) is 5.60. The molecule has 0 aromatic rings. The van der Waals surface area contributed by atoms with Crippen molar-refractivity contribution in [1.29, 1.82) is 0 Å². The second kappa shape index (κ2) is 4.00. The smallest absolute Gasteiger partial charge is 0.324 e. The summed E-state index contributed by atoms with van der Waals surface area (Å²) in [7, 11) is -3.31. The molecule has 0 aromatic heterocycles. The summed E-state index contributed by atoms with van der Waals surface area (Å²) >= 11 is 0. The highest BCUT2D eigenvalue weighted by atomic mass is 32.2. The minimum Gasteiger partial charge on any atom is -0.465 e. The number of nitrogens with zero attached hydrogens (tertiary/aromatic N) is 1. The Hall–Kier alpha value is -0.620. The molecule has 1 heterocycles. The van der Waals surface area contributed by atoms with Crippen LogP contribution in [0.25, 0.3) is 0 Å². The number of esters is 1. The summed E-state index contributed by atoms with van der Waals surface area (Å²) < 4.78 is 29.6. The fourth-order valence-electron chi connectivity index (χ4n) is 2.95. The Morgan fingerprint density at radius 3 is 2.69 bits per heavy atom. The van der Waals surface area contributed by atoms with Crippen LogP contribution in [0.5, 0.6) is 0 Å². The number of carbonyl (C=O) groups is 1. The number of fused-ring (bicyclic) bond motifs is 2. The summed E-state index contributed by atoms with van der Waals surface area (Å²) in [5.41, 5.74) is 0. The van der Waals surface area contributed by atoms with Crippen molar-refractivity contribution in [1.82, 2.24) is 4.31 Å². The minimum atomic E-state index is -3.31. The lowest BCUT2D eigenvalue weighted by Crippen LogP contribution is -2.49. The first kappa shape index (κ1) is 11.9. The molecule has 3 atom stereocenters. The van der Waals surface area contributed by atoms with Crippen LogP contribution in [0.4, 0.5) is 0 Å². The highest BCUT2D eigenvalue weighted by molar-refractivity contribution is 7.88. The van der Waals surface area contributed by atoms with Crippen molar-refractivity contribution < 1.29 is 17.9 Å². The molecule has 6 heteroatoms. The van der Waals surface area contributed by atoms with Crippen LogP contribution in [0.3, 0.4) is 0 Å². The second-order valence-corrected chi connectivity index (χ2v) is 6.40. The van der Waals surface area contributed by atoms with Crippen LogP contribution >= 0.6 is 0 Å². The molecule has 2 fully saturated rings. The summed E-state index contributed by atoms with van der Waals surface area (Å²) in [5, 5.41) is 0. The Labute approximate surface area is 95.8 Å². The molecule has 2 rings (SSSR count). The van der Waals surface area contributed by atoms with Gasteiger partial charge in [-0.15, -0.1) is 0 Å². The molecule has 1 saturated heterocycles. The first-order chi connectivity index (χ1) is 7.45. The zero-order valence-corrected chi connectivity index (χ0v) is 10.4. The average Bonchev–Trinajstić information content (AvgIpc) is 2.74. The van der Waals surface area contributed by atoms with Gasteiger partial charge in [-0.05, 0) is 32.1 Å². The van der Waals surface area contributed by atoms with Crippen molar-refractivity contribution in [3.8, 4) is 0 Å². The molecule has 0 spiro atoms. The lowest BCUT2D eigenvalue weighted by atomic mass is 10.0. The lowest BCUT2D eigenvalue weighted by molar-refractivity contribution is -0.149. The van der Waals surface area contributed by atoms with Gasteiger partial charge in [0.2, 0.25) is 10.0 Å². The van der Waals surface area contributed by atoms with E-state index < -0.39 is 16.1 Å². The van der Waals surface area contributed by atoms with Crippen LogP contribution in [0.2, 0.25) is 0 Å². The summed E-state index contributed by atoms with van der Waals surface area (Å²) in [4.78, 5) is 11.8. The van der Waals surface area contributed by atoms with Crippen molar-refractivity contribution in [2.45, 2.75) is 38.3 Å². The van der Waals surface area contributed by atoms with Crippen LogP contribution in [0, 0.1) is 5.92 Å².